The summed E-state index contributed by atoms with van der Waals surface area (Å²) in [7, 11) is 1.50. The highest BCUT2D eigenvalue weighted by Gasteiger charge is 2.12. The number of ether oxygens (including phenoxy) is 2. The molecule has 0 aliphatic rings. The van der Waals surface area contributed by atoms with Crippen LogP contribution in [0.1, 0.15) is 21.5 Å². The first-order valence-corrected chi connectivity index (χ1v) is 8.96. The minimum absolute atomic E-state index is 0.249. The van der Waals surface area contributed by atoms with E-state index >= 15 is 0 Å². The predicted molar refractivity (Wildman–Crippen MR) is 111 cm³/mol. The number of aromatic nitrogens is 1. The molecule has 0 fully saturated rings. The smallest absolute Gasteiger partial charge is 0.330 e. The molecule has 0 bridgehead atoms. The molecule has 1 aromatic heterocycles. The van der Waals surface area contributed by atoms with Crippen molar-refractivity contribution < 1.29 is 19.1 Å². The van der Waals surface area contributed by atoms with Crippen LogP contribution in [0.15, 0.2) is 73.1 Å². The molecular weight excluding hydrogens is 368 g/mol. The largest absolute Gasteiger partial charge is 0.493 e. The van der Waals surface area contributed by atoms with Crippen LogP contribution < -0.4 is 14.8 Å². The summed E-state index contributed by atoms with van der Waals surface area (Å²) < 4.78 is 10.7. The molecule has 0 saturated carbocycles. The number of nitrogens with one attached hydrogen (secondary N) is 1. The van der Waals surface area contributed by atoms with Gasteiger partial charge in [-0.1, -0.05) is 36.4 Å². The Labute approximate surface area is 168 Å². The Morgan fingerprint density at radius 1 is 0.931 bits per heavy atom. The van der Waals surface area contributed by atoms with Crippen LogP contribution in [0.5, 0.6) is 11.5 Å². The monoisotopic (exact) mass is 388 g/mol. The quantitative estimate of drug-likeness (QED) is 0.494. The molecule has 29 heavy (non-hydrogen) atoms. The summed E-state index contributed by atoms with van der Waals surface area (Å²) in [5.74, 6) is -0.226. The van der Waals surface area contributed by atoms with Crippen LogP contribution >= 0.6 is 0 Å². The number of benzene rings is 2. The van der Waals surface area contributed by atoms with Gasteiger partial charge in [0.2, 0.25) is 0 Å². The van der Waals surface area contributed by atoms with Crippen LogP contribution in [0.3, 0.4) is 0 Å². The number of carbonyl (C=O) groups excluding carboxylic acids is 2. The average molecular weight is 388 g/mol. The van der Waals surface area contributed by atoms with Crippen molar-refractivity contribution in [3.05, 3.63) is 89.7 Å². The van der Waals surface area contributed by atoms with Crippen LogP contribution in [0.4, 0.5) is 0 Å². The lowest BCUT2D eigenvalue weighted by Gasteiger charge is -2.10. The molecule has 3 rings (SSSR count). The van der Waals surface area contributed by atoms with Crippen molar-refractivity contribution in [3.8, 4) is 11.5 Å². The van der Waals surface area contributed by atoms with Crippen LogP contribution in [0.2, 0.25) is 0 Å². The Balaban J connectivity index is 1.60. The van der Waals surface area contributed by atoms with Crippen molar-refractivity contribution in [3.63, 3.8) is 0 Å². The highest BCUT2D eigenvalue weighted by Crippen LogP contribution is 2.29. The summed E-state index contributed by atoms with van der Waals surface area (Å²) in [6.07, 6.45) is 7.31. The normalized spacial score (nSPS) is 10.5. The van der Waals surface area contributed by atoms with Gasteiger partial charge >= 0.3 is 5.97 Å². The van der Waals surface area contributed by atoms with Gasteiger partial charge in [0.25, 0.3) is 5.91 Å². The molecular formula is C23H20N2O4. The SMILES string of the molecule is COc1cc(/C=C/c2ccncc2)ccc1OC(=O)CNC(=O)c1ccccc1. The Kier molecular flexibility index (Phi) is 6.73. The van der Waals surface area contributed by atoms with Gasteiger partial charge in [0.15, 0.2) is 11.5 Å². The molecule has 1 heterocycles. The molecule has 0 aliphatic carbocycles. The van der Waals surface area contributed by atoms with E-state index in [0.29, 0.717) is 11.3 Å². The fourth-order valence-corrected chi connectivity index (χ4v) is 2.54. The van der Waals surface area contributed by atoms with Gasteiger partial charge in [-0.05, 0) is 47.5 Å². The van der Waals surface area contributed by atoms with E-state index in [9.17, 15) is 9.59 Å². The summed E-state index contributed by atoms with van der Waals surface area (Å²) >= 11 is 0. The van der Waals surface area contributed by atoms with Crippen LogP contribution in [0.25, 0.3) is 12.2 Å². The van der Waals surface area contributed by atoms with E-state index in [1.165, 1.54) is 7.11 Å². The predicted octanol–water partition coefficient (Wildman–Crippen LogP) is 3.60. The summed E-state index contributed by atoms with van der Waals surface area (Å²) in [4.78, 5) is 28.1. The molecule has 3 aromatic rings. The number of hydrogen-bond acceptors (Lipinski definition) is 5. The molecule has 0 unspecified atom stereocenters. The zero-order chi connectivity index (χ0) is 20.5. The van der Waals surface area contributed by atoms with E-state index in [1.807, 2.05) is 36.4 Å². The summed E-state index contributed by atoms with van der Waals surface area (Å²) in [5, 5.41) is 2.54. The van der Waals surface area contributed by atoms with E-state index in [-0.39, 0.29) is 18.2 Å². The molecule has 2 aromatic carbocycles. The third-order valence-corrected chi connectivity index (χ3v) is 4.02. The third-order valence-electron chi connectivity index (χ3n) is 4.02. The van der Waals surface area contributed by atoms with Gasteiger partial charge in [0.1, 0.15) is 6.54 Å². The van der Waals surface area contributed by atoms with Gasteiger partial charge in [-0.15, -0.1) is 0 Å². The number of carbonyl (C=O) groups is 2. The molecule has 0 atom stereocenters. The molecule has 0 saturated heterocycles. The zero-order valence-corrected chi connectivity index (χ0v) is 15.9. The maximum Gasteiger partial charge on any atom is 0.330 e. The number of amides is 1. The summed E-state index contributed by atoms with van der Waals surface area (Å²) in [6, 6.07) is 17.7. The van der Waals surface area contributed by atoms with Crippen LogP contribution in [-0.4, -0.2) is 30.5 Å². The first-order valence-electron chi connectivity index (χ1n) is 8.96. The van der Waals surface area contributed by atoms with Gasteiger partial charge in [-0.3, -0.25) is 9.78 Å². The Bertz CT molecular complexity index is 1000. The number of pyridine rings is 1. The van der Waals surface area contributed by atoms with Crippen LogP contribution in [-0.2, 0) is 4.79 Å². The maximum atomic E-state index is 12.1. The van der Waals surface area contributed by atoms with Crippen molar-refractivity contribution in [2.75, 3.05) is 13.7 Å². The Hall–Kier alpha value is -3.93. The molecule has 6 heteroatoms. The van der Waals surface area contributed by atoms with Gasteiger partial charge < -0.3 is 14.8 Å². The Morgan fingerprint density at radius 2 is 1.66 bits per heavy atom. The second-order valence-electron chi connectivity index (χ2n) is 6.05. The second-order valence-corrected chi connectivity index (χ2v) is 6.05. The van der Waals surface area contributed by atoms with E-state index in [2.05, 4.69) is 10.3 Å². The van der Waals surface area contributed by atoms with E-state index in [0.717, 1.165) is 11.1 Å². The standard InChI is InChI=1S/C23H20N2O4/c1-28-21-15-18(8-7-17-11-13-24-14-12-17)9-10-20(21)29-22(26)16-25-23(27)19-5-3-2-4-6-19/h2-15H,16H2,1H3,(H,25,27)/b8-7+. The van der Waals surface area contributed by atoms with Crippen molar-refractivity contribution in [1.82, 2.24) is 10.3 Å². The lowest BCUT2D eigenvalue weighted by atomic mass is 10.1. The fraction of sp³-hybridized carbons (Fsp3) is 0.0870. The highest BCUT2D eigenvalue weighted by molar-refractivity contribution is 5.96. The van der Waals surface area contributed by atoms with Crippen molar-refractivity contribution >= 4 is 24.0 Å². The highest BCUT2D eigenvalue weighted by atomic mass is 16.6. The van der Waals surface area contributed by atoms with Crippen molar-refractivity contribution in [2.24, 2.45) is 0 Å². The van der Waals surface area contributed by atoms with Crippen molar-refractivity contribution in [1.29, 1.82) is 0 Å². The van der Waals surface area contributed by atoms with Crippen molar-refractivity contribution in [2.45, 2.75) is 0 Å². The number of rotatable bonds is 7. The van der Waals surface area contributed by atoms with E-state index in [4.69, 9.17) is 9.47 Å². The van der Waals surface area contributed by atoms with Gasteiger partial charge in [-0.2, -0.15) is 0 Å². The number of hydrogen-bond donors (Lipinski definition) is 1. The average Bonchev–Trinajstić information content (AvgIpc) is 2.78. The first kappa shape index (κ1) is 19.8. The molecule has 1 N–H and O–H groups in total. The molecule has 0 spiro atoms. The third kappa shape index (κ3) is 5.77. The minimum Gasteiger partial charge on any atom is -0.493 e. The fourth-order valence-electron chi connectivity index (χ4n) is 2.54. The molecule has 6 nitrogen and oxygen atoms in total. The lowest BCUT2D eigenvalue weighted by molar-refractivity contribution is -0.133. The van der Waals surface area contributed by atoms with Gasteiger partial charge in [0, 0.05) is 18.0 Å². The second kappa shape index (κ2) is 9.85. The lowest BCUT2D eigenvalue weighted by Crippen LogP contribution is -2.31. The topological polar surface area (TPSA) is 77.5 Å². The number of nitrogens with zero attached hydrogens (tertiary/aromatic N) is 1. The van der Waals surface area contributed by atoms with E-state index < -0.39 is 5.97 Å². The van der Waals surface area contributed by atoms with Gasteiger partial charge in [0.05, 0.1) is 7.11 Å². The van der Waals surface area contributed by atoms with Gasteiger partial charge in [-0.25, -0.2) is 4.79 Å². The number of esters is 1. The molecule has 0 radical (unpaired) electrons. The molecule has 146 valence electrons. The zero-order valence-electron chi connectivity index (χ0n) is 15.9. The Morgan fingerprint density at radius 3 is 2.38 bits per heavy atom. The maximum absolute atomic E-state index is 12.1. The molecule has 0 aliphatic heterocycles. The number of methoxy groups -OCH3 is 1. The van der Waals surface area contributed by atoms with Crippen LogP contribution in [0, 0.1) is 0 Å². The minimum atomic E-state index is -0.590. The summed E-state index contributed by atoms with van der Waals surface area (Å²) in [6.45, 7) is -0.249. The first-order chi connectivity index (χ1) is 14.2. The van der Waals surface area contributed by atoms with E-state index in [1.54, 1.807) is 48.8 Å². The summed E-state index contributed by atoms with van der Waals surface area (Å²) in [5.41, 5.74) is 2.38. The molecule has 1 amide bonds.